The molecule has 26 heavy (non-hydrogen) atoms. The maximum absolute atomic E-state index is 15.1. The van der Waals surface area contributed by atoms with Gasteiger partial charge in [-0.2, -0.15) is 0 Å². The van der Waals surface area contributed by atoms with Crippen molar-refractivity contribution in [3.05, 3.63) is 82.7 Å². The number of fused-ring (bicyclic) bond motifs is 3. The van der Waals surface area contributed by atoms with Gasteiger partial charge in [0, 0.05) is 17.5 Å². The molecule has 3 aromatic rings. The van der Waals surface area contributed by atoms with Crippen LogP contribution in [0.2, 0.25) is 0 Å². The van der Waals surface area contributed by atoms with Crippen LogP contribution >= 0.6 is 0 Å². The summed E-state index contributed by atoms with van der Waals surface area (Å²) in [5.41, 5.74) is 5.66. The van der Waals surface area contributed by atoms with Gasteiger partial charge in [0.1, 0.15) is 5.82 Å². The van der Waals surface area contributed by atoms with E-state index in [1.54, 1.807) is 6.07 Å². The first-order chi connectivity index (χ1) is 12.6. The van der Waals surface area contributed by atoms with Gasteiger partial charge in [-0.05, 0) is 52.8 Å². The second kappa shape index (κ2) is 6.64. The lowest BCUT2D eigenvalue weighted by molar-refractivity contribution is 0.509. The Balaban J connectivity index is 1.73. The molecule has 0 fully saturated rings. The number of benzene rings is 3. The van der Waals surface area contributed by atoms with Gasteiger partial charge in [-0.1, -0.05) is 49.7 Å². The van der Waals surface area contributed by atoms with E-state index in [9.17, 15) is 8.78 Å². The first-order valence-corrected chi connectivity index (χ1v) is 8.97. The molecule has 0 amide bonds. The molecule has 132 valence electrons. The molecule has 0 unspecified atom stereocenters. The molecule has 0 bridgehead atoms. The van der Waals surface area contributed by atoms with Crippen LogP contribution in [0.1, 0.15) is 36.5 Å². The highest BCUT2D eigenvalue weighted by Crippen LogP contribution is 2.41. The molecule has 0 nitrogen and oxygen atoms in total. The van der Waals surface area contributed by atoms with Crippen molar-refractivity contribution in [1.29, 1.82) is 0 Å². The average molecular weight is 352 g/mol. The molecule has 3 aromatic carbocycles. The van der Waals surface area contributed by atoms with Gasteiger partial charge < -0.3 is 0 Å². The third-order valence-electron chi connectivity index (χ3n) is 5.12. The average Bonchev–Trinajstić information content (AvgIpc) is 3.01. The third kappa shape index (κ3) is 2.82. The summed E-state index contributed by atoms with van der Waals surface area (Å²) in [6, 6.07) is 13.4. The Morgan fingerprint density at radius 2 is 1.58 bits per heavy atom. The van der Waals surface area contributed by atoms with Crippen molar-refractivity contribution in [2.45, 2.75) is 32.6 Å². The van der Waals surface area contributed by atoms with Gasteiger partial charge in [0.2, 0.25) is 0 Å². The normalized spacial score (nSPS) is 12.2. The molecular formula is C23H19F3. The van der Waals surface area contributed by atoms with Gasteiger partial charge in [0.15, 0.2) is 11.6 Å². The molecule has 4 rings (SSSR count). The zero-order valence-electron chi connectivity index (χ0n) is 14.6. The predicted octanol–water partition coefficient (Wildman–Crippen LogP) is 6.68. The molecule has 0 spiro atoms. The fourth-order valence-corrected chi connectivity index (χ4v) is 3.72. The van der Waals surface area contributed by atoms with Crippen LogP contribution < -0.4 is 0 Å². The van der Waals surface area contributed by atoms with Gasteiger partial charge in [0.05, 0.1) is 0 Å². The van der Waals surface area contributed by atoms with Gasteiger partial charge in [-0.25, -0.2) is 13.2 Å². The van der Waals surface area contributed by atoms with Crippen LogP contribution in [0.15, 0.2) is 48.5 Å². The Labute approximate surface area is 151 Å². The second-order valence-corrected chi connectivity index (χ2v) is 6.85. The van der Waals surface area contributed by atoms with E-state index >= 15 is 4.39 Å². The Kier molecular flexibility index (Phi) is 4.31. The Morgan fingerprint density at radius 3 is 2.35 bits per heavy atom. The quantitative estimate of drug-likeness (QED) is 0.384. The molecule has 0 heterocycles. The summed E-state index contributed by atoms with van der Waals surface area (Å²) in [6.07, 6.45) is 3.85. The minimum Gasteiger partial charge on any atom is -0.206 e. The summed E-state index contributed by atoms with van der Waals surface area (Å²) in [7, 11) is 0. The van der Waals surface area contributed by atoms with E-state index in [0.29, 0.717) is 23.1 Å². The number of hydrogen-bond donors (Lipinski definition) is 0. The Morgan fingerprint density at radius 1 is 0.808 bits per heavy atom. The Hall–Kier alpha value is -2.55. The number of rotatable bonds is 4. The molecule has 0 saturated carbocycles. The van der Waals surface area contributed by atoms with E-state index < -0.39 is 11.6 Å². The lowest BCUT2D eigenvalue weighted by atomic mass is 9.97. The smallest absolute Gasteiger partial charge is 0.159 e. The molecule has 1 aliphatic carbocycles. The van der Waals surface area contributed by atoms with E-state index in [1.807, 2.05) is 6.07 Å². The third-order valence-corrected chi connectivity index (χ3v) is 5.12. The number of unbranched alkanes of at least 4 members (excludes halogenated alkanes) is 1. The maximum atomic E-state index is 15.1. The zero-order valence-corrected chi connectivity index (χ0v) is 14.6. The topological polar surface area (TPSA) is 0 Å². The highest BCUT2D eigenvalue weighted by Gasteiger charge is 2.24. The summed E-state index contributed by atoms with van der Waals surface area (Å²) in [5, 5.41) is 0. The van der Waals surface area contributed by atoms with Crippen LogP contribution in [0, 0.1) is 17.5 Å². The molecule has 0 radical (unpaired) electrons. The second-order valence-electron chi connectivity index (χ2n) is 6.85. The van der Waals surface area contributed by atoms with Crippen molar-refractivity contribution in [3.8, 4) is 22.3 Å². The summed E-state index contributed by atoms with van der Waals surface area (Å²) < 4.78 is 41.8. The lowest BCUT2D eigenvalue weighted by Crippen LogP contribution is -1.94. The number of hydrogen-bond acceptors (Lipinski definition) is 0. The van der Waals surface area contributed by atoms with E-state index in [4.69, 9.17) is 0 Å². The molecule has 0 aliphatic heterocycles. The van der Waals surface area contributed by atoms with Crippen molar-refractivity contribution in [2.24, 2.45) is 0 Å². The van der Waals surface area contributed by atoms with E-state index in [-0.39, 0.29) is 5.82 Å². The molecule has 1 aliphatic rings. The van der Waals surface area contributed by atoms with E-state index in [1.165, 1.54) is 11.6 Å². The largest absolute Gasteiger partial charge is 0.206 e. The van der Waals surface area contributed by atoms with Gasteiger partial charge >= 0.3 is 0 Å². The standard InChI is InChI=1S/C23H19F3/c1-2-3-4-14-5-7-17-16(11-14)12-20-19(17)9-8-18(23(20)26)15-6-10-21(24)22(25)13-15/h5-11,13H,2-4,12H2,1H3. The number of aryl methyl sites for hydroxylation is 1. The van der Waals surface area contributed by atoms with Crippen molar-refractivity contribution < 1.29 is 13.2 Å². The fraction of sp³-hybridized carbons (Fsp3) is 0.217. The molecule has 0 saturated heterocycles. The number of halogens is 3. The molecule has 0 aromatic heterocycles. The molecule has 0 atom stereocenters. The highest BCUT2D eigenvalue weighted by molar-refractivity contribution is 5.81. The van der Waals surface area contributed by atoms with Gasteiger partial charge in [0.25, 0.3) is 0 Å². The van der Waals surface area contributed by atoms with E-state index in [0.717, 1.165) is 48.1 Å². The fourth-order valence-electron chi connectivity index (χ4n) is 3.72. The van der Waals surface area contributed by atoms with Gasteiger partial charge in [-0.15, -0.1) is 0 Å². The monoisotopic (exact) mass is 352 g/mol. The van der Waals surface area contributed by atoms with Crippen LogP contribution in [0.5, 0.6) is 0 Å². The van der Waals surface area contributed by atoms with Crippen LogP contribution in [0.25, 0.3) is 22.3 Å². The SMILES string of the molecule is CCCCc1ccc2c(c1)Cc1c-2ccc(-c2ccc(F)c(F)c2)c1F. The molecular weight excluding hydrogens is 333 g/mol. The zero-order chi connectivity index (χ0) is 18.3. The predicted molar refractivity (Wildman–Crippen MR) is 98.6 cm³/mol. The minimum absolute atomic E-state index is 0.307. The van der Waals surface area contributed by atoms with Crippen LogP contribution in [0.4, 0.5) is 13.2 Å². The van der Waals surface area contributed by atoms with Crippen LogP contribution in [0.3, 0.4) is 0 Å². The van der Waals surface area contributed by atoms with E-state index in [2.05, 4.69) is 25.1 Å². The summed E-state index contributed by atoms with van der Waals surface area (Å²) in [6.45, 7) is 2.17. The Bertz CT molecular complexity index is 989. The van der Waals surface area contributed by atoms with Crippen molar-refractivity contribution in [2.75, 3.05) is 0 Å². The molecule has 0 N–H and O–H groups in total. The first-order valence-electron chi connectivity index (χ1n) is 8.97. The van der Waals surface area contributed by atoms with Crippen LogP contribution in [-0.4, -0.2) is 0 Å². The minimum atomic E-state index is -0.966. The van der Waals surface area contributed by atoms with Gasteiger partial charge in [-0.3, -0.25) is 0 Å². The van der Waals surface area contributed by atoms with Crippen LogP contribution in [-0.2, 0) is 12.8 Å². The molecule has 3 heteroatoms. The summed E-state index contributed by atoms with van der Waals surface area (Å²) in [4.78, 5) is 0. The first kappa shape index (κ1) is 16.9. The highest BCUT2D eigenvalue weighted by atomic mass is 19.2. The maximum Gasteiger partial charge on any atom is 0.159 e. The summed E-state index contributed by atoms with van der Waals surface area (Å²) >= 11 is 0. The van der Waals surface area contributed by atoms with Crippen molar-refractivity contribution in [3.63, 3.8) is 0 Å². The van der Waals surface area contributed by atoms with Crippen molar-refractivity contribution in [1.82, 2.24) is 0 Å². The lowest BCUT2D eigenvalue weighted by Gasteiger charge is -2.09. The summed E-state index contributed by atoms with van der Waals surface area (Å²) in [5.74, 6) is -2.24. The van der Waals surface area contributed by atoms with Crippen molar-refractivity contribution >= 4 is 0 Å².